The van der Waals surface area contributed by atoms with Crippen molar-refractivity contribution in [1.82, 2.24) is 10.2 Å². The molecule has 0 aliphatic carbocycles. The zero-order valence-electron chi connectivity index (χ0n) is 22.2. The highest BCUT2D eigenvalue weighted by Crippen LogP contribution is 2.37. The molecule has 0 fully saturated rings. The van der Waals surface area contributed by atoms with Gasteiger partial charge in [0.2, 0.25) is 11.8 Å². The molecule has 1 N–H and O–H groups in total. The van der Waals surface area contributed by atoms with Gasteiger partial charge in [0.25, 0.3) is 10.0 Å². The summed E-state index contributed by atoms with van der Waals surface area (Å²) in [4.78, 5) is 27.7. The zero-order chi connectivity index (χ0) is 30.4. The van der Waals surface area contributed by atoms with Crippen molar-refractivity contribution >= 4 is 55.1 Å². The van der Waals surface area contributed by atoms with Crippen molar-refractivity contribution in [1.29, 1.82) is 0 Å². The third-order valence-corrected chi connectivity index (χ3v) is 8.76. The Kier molecular flexibility index (Phi) is 10.8. The van der Waals surface area contributed by atoms with Crippen LogP contribution in [0.3, 0.4) is 0 Å². The summed E-state index contributed by atoms with van der Waals surface area (Å²) in [5.41, 5.74) is -1.02. The highest BCUT2D eigenvalue weighted by molar-refractivity contribution is 9.10. The van der Waals surface area contributed by atoms with Crippen molar-refractivity contribution in [2.24, 2.45) is 0 Å². The standard InChI is InChI=1S/C28H28BrClF3N3O4S/c1-3-15-34-27(38)19(2)35(17-20-9-12-22(29)13-10-20)26(37)18-36(41(39,40)23-7-5-4-6-8-23)25-16-21(28(31,32)33)11-14-24(25)30/h4-14,16,19H,3,15,17-18H2,1-2H3,(H,34,38). The quantitative estimate of drug-likeness (QED) is 0.260. The monoisotopic (exact) mass is 673 g/mol. The number of rotatable bonds is 11. The molecule has 3 rings (SSSR count). The number of hydrogen-bond donors (Lipinski definition) is 1. The maximum absolute atomic E-state index is 13.9. The SMILES string of the molecule is CCCNC(=O)C(C)N(Cc1ccc(Br)cc1)C(=O)CN(c1cc(C(F)(F)F)ccc1Cl)S(=O)(=O)c1ccccc1. The van der Waals surface area contributed by atoms with Crippen LogP contribution < -0.4 is 9.62 Å². The van der Waals surface area contributed by atoms with Crippen LogP contribution >= 0.6 is 27.5 Å². The van der Waals surface area contributed by atoms with Gasteiger partial charge in [-0.25, -0.2) is 8.42 Å². The fourth-order valence-electron chi connectivity index (χ4n) is 3.88. The van der Waals surface area contributed by atoms with Crippen LogP contribution in [-0.2, 0) is 32.3 Å². The molecule has 0 aliphatic heterocycles. The van der Waals surface area contributed by atoms with Gasteiger partial charge in [0.15, 0.2) is 0 Å². The van der Waals surface area contributed by atoms with Gasteiger partial charge in [0, 0.05) is 17.6 Å². The van der Waals surface area contributed by atoms with Gasteiger partial charge >= 0.3 is 6.18 Å². The van der Waals surface area contributed by atoms with Gasteiger partial charge in [-0.15, -0.1) is 0 Å². The smallest absolute Gasteiger partial charge is 0.354 e. The summed E-state index contributed by atoms with van der Waals surface area (Å²) in [5.74, 6) is -1.29. The average Bonchev–Trinajstić information content (AvgIpc) is 2.94. The van der Waals surface area contributed by atoms with Crippen molar-refractivity contribution in [3.05, 3.63) is 93.4 Å². The van der Waals surface area contributed by atoms with Gasteiger partial charge < -0.3 is 10.2 Å². The average molecular weight is 675 g/mol. The summed E-state index contributed by atoms with van der Waals surface area (Å²) in [5, 5.41) is 2.41. The first-order chi connectivity index (χ1) is 19.3. The maximum atomic E-state index is 13.9. The Hall–Kier alpha value is -3.09. The number of carbonyl (C=O) groups excluding carboxylic acids is 2. The minimum absolute atomic E-state index is 0.0671. The van der Waals surface area contributed by atoms with E-state index in [1.54, 1.807) is 30.3 Å². The van der Waals surface area contributed by atoms with Gasteiger partial charge in [-0.2, -0.15) is 13.2 Å². The van der Waals surface area contributed by atoms with E-state index >= 15 is 0 Å². The van der Waals surface area contributed by atoms with Crippen LogP contribution in [0.25, 0.3) is 0 Å². The number of anilines is 1. The number of nitrogens with zero attached hydrogens (tertiary/aromatic N) is 2. The van der Waals surface area contributed by atoms with E-state index in [2.05, 4.69) is 21.2 Å². The topological polar surface area (TPSA) is 86.8 Å². The minimum atomic E-state index is -4.80. The number of halogens is 5. The lowest BCUT2D eigenvalue weighted by Crippen LogP contribution is -2.51. The molecule has 2 amide bonds. The van der Waals surface area contributed by atoms with E-state index in [0.29, 0.717) is 28.9 Å². The Morgan fingerprint density at radius 3 is 2.24 bits per heavy atom. The van der Waals surface area contributed by atoms with E-state index in [0.717, 1.165) is 16.6 Å². The van der Waals surface area contributed by atoms with Gasteiger partial charge in [-0.1, -0.05) is 64.8 Å². The van der Waals surface area contributed by atoms with E-state index in [-0.39, 0.29) is 16.5 Å². The lowest BCUT2D eigenvalue weighted by atomic mass is 10.1. The summed E-state index contributed by atoms with van der Waals surface area (Å²) >= 11 is 9.59. The molecular weight excluding hydrogens is 647 g/mol. The fourth-order valence-corrected chi connectivity index (χ4v) is 5.86. The molecule has 41 heavy (non-hydrogen) atoms. The summed E-state index contributed by atoms with van der Waals surface area (Å²) in [6, 6.07) is 15.1. The second-order valence-corrected chi connectivity index (χ2v) is 12.3. The van der Waals surface area contributed by atoms with E-state index in [9.17, 15) is 31.2 Å². The van der Waals surface area contributed by atoms with E-state index < -0.39 is 51.9 Å². The summed E-state index contributed by atoms with van der Waals surface area (Å²) in [7, 11) is -4.58. The molecule has 0 saturated heterocycles. The Morgan fingerprint density at radius 1 is 1.02 bits per heavy atom. The Bertz CT molecular complexity index is 1470. The number of carbonyl (C=O) groups is 2. The summed E-state index contributed by atoms with van der Waals surface area (Å²) < 4.78 is 69.7. The molecule has 3 aromatic carbocycles. The normalized spacial score (nSPS) is 12.5. The number of sulfonamides is 1. The van der Waals surface area contributed by atoms with Crippen LogP contribution in [0.4, 0.5) is 18.9 Å². The summed E-state index contributed by atoms with van der Waals surface area (Å²) in [6.07, 6.45) is -4.15. The van der Waals surface area contributed by atoms with Gasteiger partial charge in [-0.05, 0) is 61.4 Å². The molecule has 13 heteroatoms. The van der Waals surface area contributed by atoms with E-state index in [1.165, 1.54) is 36.1 Å². The third kappa shape index (κ3) is 8.23. The number of benzene rings is 3. The molecule has 0 spiro atoms. The minimum Gasteiger partial charge on any atom is -0.354 e. The van der Waals surface area contributed by atoms with Crippen LogP contribution in [0.5, 0.6) is 0 Å². The molecule has 0 aromatic heterocycles. The first kappa shape index (κ1) is 32.4. The largest absolute Gasteiger partial charge is 0.416 e. The van der Waals surface area contributed by atoms with Crippen molar-refractivity contribution in [3.63, 3.8) is 0 Å². The van der Waals surface area contributed by atoms with Crippen LogP contribution in [0, 0.1) is 0 Å². The predicted octanol–water partition coefficient (Wildman–Crippen LogP) is 6.26. The molecule has 1 unspecified atom stereocenters. The van der Waals surface area contributed by atoms with Crippen molar-refractivity contribution in [2.45, 2.75) is 43.9 Å². The number of hydrogen-bond acceptors (Lipinski definition) is 4. The highest BCUT2D eigenvalue weighted by atomic mass is 79.9. The van der Waals surface area contributed by atoms with Gasteiger partial charge in [0.1, 0.15) is 12.6 Å². The number of amides is 2. The molecular formula is C28H28BrClF3N3O4S. The lowest BCUT2D eigenvalue weighted by Gasteiger charge is -2.32. The predicted molar refractivity (Wildman–Crippen MR) is 155 cm³/mol. The molecule has 0 bridgehead atoms. The third-order valence-electron chi connectivity index (χ3n) is 6.13. The first-order valence-electron chi connectivity index (χ1n) is 12.5. The van der Waals surface area contributed by atoms with Crippen LogP contribution in [0.1, 0.15) is 31.4 Å². The molecule has 220 valence electrons. The number of alkyl halides is 3. The van der Waals surface area contributed by atoms with Crippen LogP contribution in [0.2, 0.25) is 5.02 Å². The van der Waals surface area contributed by atoms with E-state index in [4.69, 9.17) is 11.6 Å². The van der Waals surface area contributed by atoms with Gasteiger partial charge in [0.05, 0.1) is 21.2 Å². The molecule has 0 radical (unpaired) electrons. The Morgan fingerprint density at radius 2 is 1.66 bits per heavy atom. The Labute approximate surface area is 250 Å². The molecule has 0 saturated carbocycles. The second kappa shape index (κ2) is 13.7. The molecule has 0 heterocycles. The molecule has 0 aliphatic rings. The fraction of sp³-hybridized carbons (Fsp3) is 0.286. The molecule has 1 atom stereocenters. The zero-order valence-corrected chi connectivity index (χ0v) is 25.3. The summed E-state index contributed by atoms with van der Waals surface area (Å²) in [6.45, 7) is 2.73. The van der Waals surface area contributed by atoms with E-state index in [1.807, 2.05) is 6.92 Å². The van der Waals surface area contributed by atoms with Gasteiger partial charge in [-0.3, -0.25) is 13.9 Å². The van der Waals surface area contributed by atoms with Crippen LogP contribution in [-0.4, -0.2) is 44.3 Å². The Balaban J connectivity index is 2.11. The van der Waals surface area contributed by atoms with Crippen molar-refractivity contribution < 1.29 is 31.2 Å². The molecule has 7 nitrogen and oxygen atoms in total. The maximum Gasteiger partial charge on any atom is 0.416 e. The van der Waals surface area contributed by atoms with Crippen LogP contribution in [0.15, 0.2) is 82.2 Å². The first-order valence-corrected chi connectivity index (χ1v) is 15.1. The molecule has 3 aromatic rings. The second-order valence-electron chi connectivity index (χ2n) is 9.10. The lowest BCUT2D eigenvalue weighted by molar-refractivity contribution is -0.139. The highest BCUT2D eigenvalue weighted by Gasteiger charge is 2.36. The van der Waals surface area contributed by atoms with Crippen molar-refractivity contribution in [2.75, 3.05) is 17.4 Å². The number of nitrogens with one attached hydrogen (secondary N) is 1. The van der Waals surface area contributed by atoms with Crippen molar-refractivity contribution in [3.8, 4) is 0 Å².